The first-order chi connectivity index (χ1) is 3.62. The van der Waals surface area contributed by atoms with Gasteiger partial charge in [-0.05, 0) is 6.42 Å². The summed E-state index contributed by atoms with van der Waals surface area (Å²) in [4.78, 5) is 4.59. The topological polar surface area (TPSA) is 21.3 Å². The van der Waals surface area contributed by atoms with Crippen LogP contribution < -0.4 is 5.48 Å². The van der Waals surface area contributed by atoms with E-state index in [2.05, 4.69) is 35.6 Å². The lowest BCUT2D eigenvalue weighted by Gasteiger charge is -2.19. The van der Waals surface area contributed by atoms with E-state index in [1.54, 1.807) is 0 Å². The molecule has 0 radical (unpaired) electrons. The molecule has 0 spiro atoms. The highest BCUT2D eigenvalue weighted by Gasteiger charge is 2.14. The minimum absolute atomic E-state index is 0.491. The van der Waals surface area contributed by atoms with E-state index in [4.69, 9.17) is 0 Å². The summed E-state index contributed by atoms with van der Waals surface area (Å²) < 4.78 is -0.491. The summed E-state index contributed by atoms with van der Waals surface area (Å²) in [6, 6.07) is 0. The zero-order valence-corrected chi connectivity index (χ0v) is 6.80. The Morgan fingerprint density at radius 1 is 1.62 bits per heavy atom. The van der Waals surface area contributed by atoms with Crippen molar-refractivity contribution in [2.24, 2.45) is 0 Å². The van der Waals surface area contributed by atoms with E-state index < -0.39 is 4.20 Å². The number of hydrogen-bond donors (Lipinski definition) is 3. The first-order valence-corrected chi connectivity index (χ1v) is 3.26. The van der Waals surface area contributed by atoms with Crippen molar-refractivity contribution in [1.82, 2.24) is 5.48 Å². The maximum Gasteiger partial charge on any atom is 0.128 e. The molecule has 0 aromatic rings. The Morgan fingerprint density at radius 2 is 2.12 bits per heavy atom. The number of hydrogen-bond acceptors (Lipinski definition) is 4. The van der Waals surface area contributed by atoms with Crippen molar-refractivity contribution in [3.05, 3.63) is 0 Å². The van der Waals surface area contributed by atoms with Gasteiger partial charge in [0, 0.05) is 0 Å². The monoisotopic (exact) mass is 153 g/mol. The fourth-order valence-corrected chi connectivity index (χ4v) is 0.418. The van der Waals surface area contributed by atoms with Gasteiger partial charge in [0.25, 0.3) is 0 Å². The second-order valence-electron chi connectivity index (χ2n) is 1.48. The van der Waals surface area contributed by atoms with Crippen molar-refractivity contribution in [2.45, 2.75) is 17.5 Å². The third-order valence-corrected chi connectivity index (χ3v) is 1.57. The van der Waals surface area contributed by atoms with Crippen LogP contribution in [0.15, 0.2) is 0 Å². The lowest BCUT2D eigenvalue weighted by molar-refractivity contribution is 0.0754. The smallest absolute Gasteiger partial charge is 0.128 e. The van der Waals surface area contributed by atoms with Gasteiger partial charge in [-0.2, -0.15) is 5.48 Å². The Bertz CT molecular complexity index is 67.1. The molecule has 8 heavy (non-hydrogen) atoms. The van der Waals surface area contributed by atoms with Gasteiger partial charge in [0.05, 0.1) is 7.11 Å². The van der Waals surface area contributed by atoms with Gasteiger partial charge in [0.15, 0.2) is 0 Å². The van der Waals surface area contributed by atoms with Crippen LogP contribution in [0.3, 0.4) is 0 Å². The van der Waals surface area contributed by atoms with Crippen LogP contribution in [0.5, 0.6) is 0 Å². The molecular formula is C4H11NOS2. The molecule has 0 rings (SSSR count). The minimum atomic E-state index is -0.491. The maximum absolute atomic E-state index is 4.59. The molecule has 0 amide bonds. The molecule has 0 aromatic heterocycles. The number of hydroxylamine groups is 1. The summed E-state index contributed by atoms with van der Waals surface area (Å²) >= 11 is 8.19. The molecule has 4 heteroatoms. The van der Waals surface area contributed by atoms with Gasteiger partial charge in [0.1, 0.15) is 4.20 Å². The summed E-state index contributed by atoms with van der Waals surface area (Å²) in [6.07, 6.45) is 0.799. The van der Waals surface area contributed by atoms with E-state index in [0.29, 0.717) is 0 Å². The fourth-order valence-electron chi connectivity index (χ4n) is 0.236. The average molecular weight is 153 g/mol. The zero-order chi connectivity index (χ0) is 6.62. The SMILES string of the molecule is CCC(S)(S)NOC. The molecule has 50 valence electrons. The molecule has 0 atom stereocenters. The van der Waals surface area contributed by atoms with E-state index in [9.17, 15) is 0 Å². The first kappa shape index (κ1) is 8.62. The summed E-state index contributed by atoms with van der Waals surface area (Å²) in [6.45, 7) is 1.96. The van der Waals surface area contributed by atoms with E-state index in [-0.39, 0.29) is 0 Å². The Kier molecular flexibility index (Phi) is 3.89. The Hall–Kier alpha value is 0.620. The third kappa shape index (κ3) is 3.60. The van der Waals surface area contributed by atoms with Crippen molar-refractivity contribution < 1.29 is 4.84 Å². The van der Waals surface area contributed by atoms with Crippen molar-refractivity contribution in [1.29, 1.82) is 0 Å². The Balaban J connectivity index is 3.37. The maximum atomic E-state index is 4.59. The van der Waals surface area contributed by atoms with Gasteiger partial charge in [-0.15, -0.1) is 25.3 Å². The highest BCUT2D eigenvalue weighted by Crippen LogP contribution is 2.18. The standard InChI is InChI=1S/C4H11NOS2/c1-3-4(7,8)5-6-2/h5,7-8H,3H2,1-2H3. The molecule has 1 N–H and O–H groups in total. The second-order valence-corrected chi connectivity index (χ2v) is 3.36. The molecular weight excluding hydrogens is 142 g/mol. The quantitative estimate of drug-likeness (QED) is 0.320. The Labute approximate surface area is 60.8 Å². The van der Waals surface area contributed by atoms with E-state index in [1.165, 1.54) is 7.11 Å². The van der Waals surface area contributed by atoms with Crippen LogP contribution in [-0.4, -0.2) is 11.3 Å². The predicted molar refractivity (Wildman–Crippen MR) is 41.1 cm³/mol. The lowest BCUT2D eigenvalue weighted by atomic mass is 10.5. The van der Waals surface area contributed by atoms with Crippen LogP contribution in [0.4, 0.5) is 0 Å². The van der Waals surface area contributed by atoms with Crippen LogP contribution in [0.25, 0.3) is 0 Å². The molecule has 0 fully saturated rings. The molecule has 0 bridgehead atoms. The van der Waals surface area contributed by atoms with Gasteiger partial charge in [-0.1, -0.05) is 6.92 Å². The molecule has 0 saturated carbocycles. The van der Waals surface area contributed by atoms with E-state index in [1.807, 2.05) is 6.92 Å². The summed E-state index contributed by atoms with van der Waals surface area (Å²) in [5, 5.41) is 0. The van der Waals surface area contributed by atoms with Crippen LogP contribution in [0.1, 0.15) is 13.3 Å². The predicted octanol–water partition coefficient (Wildman–Crippen LogP) is 1.06. The molecule has 0 saturated heterocycles. The van der Waals surface area contributed by atoms with Crippen molar-refractivity contribution >= 4 is 25.3 Å². The van der Waals surface area contributed by atoms with Gasteiger partial charge in [0.2, 0.25) is 0 Å². The molecule has 0 aromatic carbocycles. The van der Waals surface area contributed by atoms with Crippen molar-refractivity contribution in [3.8, 4) is 0 Å². The molecule has 0 aliphatic heterocycles. The summed E-state index contributed by atoms with van der Waals surface area (Å²) in [5.74, 6) is 0. The normalized spacial score (nSPS) is 12.0. The molecule has 2 nitrogen and oxygen atoms in total. The van der Waals surface area contributed by atoms with E-state index in [0.717, 1.165) is 6.42 Å². The second kappa shape index (κ2) is 3.61. The lowest BCUT2D eigenvalue weighted by Crippen LogP contribution is -2.32. The van der Waals surface area contributed by atoms with Gasteiger partial charge < -0.3 is 4.84 Å². The van der Waals surface area contributed by atoms with Crippen LogP contribution in [-0.2, 0) is 4.84 Å². The third-order valence-electron chi connectivity index (χ3n) is 0.759. The largest absolute Gasteiger partial charge is 0.303 e. The number of nitrogens with one attached hydrogen (secondary N) is 1. The minimum Gasteiger partial charge on any atom is -0.303 e. The van der Waals surface area contributed by atoms with Crippen LogP contribution >= 0.6 is 25.3 Å². The highest BCUT2D eigenvalue weighted by atomic mass is 32.2. The van der Waals surface area contributed by atoms with Crippen LogP contribution in [0, 0.1) is 0 Å². The number of thiol groups is 2. The molecule has 0 aliphatic carbocycles. The van der Waals surface area contributed by atoms with Crippen molar-refractivity contribution in [2.75, 3.05) is 7.11 Å². The van der Waals surface area contributed by atoms with E-state index >= 15 is 0 Å². The van der Waals surface area contributed by atoms with Gasteiger partial charge in [-0.3, -0.25) is 0 Å². The molecule has 0 unspecified atom stereocenters. The highest BCUT2D eigenvalue weighted by molar-refractivity contribution is 8.00. The number of rotatable bonds is 3. The van der Waals surface area contributed by atoms with Gasteiger partial charge in [-0.25, -0.2) is 0 Å². The molecule has 0 heterocycles. The van der Waals surface area contributed by atoms with Crippen molar-refractivity contribution in [3.63, 3.8) is 0 Å². The first-order valence-electron chi connectivity index (χ1n) is 2.37. The fraction of sp³-hybridized carbons (Fsp3) is 1.00. The summed E-state index contributed by atoms with van der Waals surface area (Å²) in [7, 11) is 1.54. The molecule has 0 aliphatic rings. The van der Waals surface area contributed by atoms with Crippen LogP contribution in [0.2, 0.25) is 0 Å². The average Bonchev–Trinajstić information content (AvgIpc) is 1.67. The zero-order valence-electron chi connectivity index (χ0n) is 5.01. The Morgan fingerprint density at radius 3 is 2.25 bits per heavy atom. The summed E-state index contributed by atoms with van der Waals surface area (Å²) in [5.41, 5.74) is 2.60. The van der Waals surface area contributed by atoms with Gasteiger partial charge >= 0.3 is 0 Å².